The van der Waals surface area contributed by atoms with Crippen molar-refractivity contribution in [3.05, 3.63) is 0 Å². The van der Waals surface area contributed by atoms with E-state index < -0.39 is 0 Å². The van der Waals surface area contributed by atoms with Crippen molar-refractivity contribution in [1.82, 2.24) is 0 Å². The normalized spacial score (nSPS) is 39.8. The second-order valence-corrected chi connectivity index (χ2v) is 6.74. The molecule has 96 valence electrons. The Hall–Kier alpha value is 0. The van der Waals surface area contributed by atoms with Crippen molar-refractivity contribution < 1.29 is 0 Å². The highest BCUT2D eigenvalue weighted by atomic mass is 14.2. The first-order valence-electron chi connectivity index (χ1n) is 7.58. The van der Waals surface area contributed by atoms with Gasteiger partial charge in [0.25, 0.3) is 0 Å². The molecule has 2 rings (SSSR count). The van der Waals surface area contributed by atoms with Gasteiger partial charge in [0.15, 0.2) is 0 Å². The molecule has 0 aromatic heterocycles. The highest BCUT2D eigenvalue weighted by Gasteiger charge is 2.14. The topological polar surface area (TPSA) is 0 Å². The summed E-state index contributed by atoms with van der Waals surface area (Å²) in [6, 6.07) is 0. The monoisotopic (exact) mass is 224 g/mol. The van der Waals surface area contributed by atoms with E-state index in [4.69, 9.17) is 0 Å². The van der Waals surface area contributed by atoms with Gasteiger partial charge in [0.05, 0.1) is 0 Å². The third-order valence-corrected chi connectivity index (χ3v) is 4.50. The molecule has 2 fully saturated rings. The zero-order chi connectivity index (χ0) is 12.0. The van der Waals surface area contributed by atoms with Gasteiger partial charge in [0, 0.05) is 0 Å². The first kappa shape index (κ1) is 14.1. The lowest BCUT2D eigenvalue weighted by Gasteiger charge is -2.22. The maximum atomic E-state index is 2.37. The minimum Gasteiger partial charge on any atom is -0.0625 e. The Bertz CT molecular complexity index is 147. The van der Waals surface area contributed by atoms with Crippen LogP contribution in [0.5, 0.6) is 0 Å². The summed E-state index contributed by atoms with van der Waals surface area (Å²) in [6.07, 6.45) is 11.8. The van der Waals surface area contributed by atoms with Crippen molar-refractivity contribution in [1.29, 1.82) is 0 Å². The van der Waals surface area contributed by atoms with Crippen molar-refractivity contribution in [3.63, 3.8) is 0 Å². The Morgan fingerprint density at radius 1 is 0.500 bits per heavy atom. The van der Waals surface area contributed by atoms with E-state index in [-0.39, 0.29) is 0 Å². The summed E-state index contributed by atoms with van der Waals surface area (Å²) < 4.78 is 0. The average Bonchev–Trinajstić information content (AvgIpc) is 2.23. The Balaban J connectivity index is 0.000000160. The van der Waals surface area contributed by atoms with E-state index in [1.54, 1.807) is 0 Å². The van der Waals surface area contributed by atoms with Crippen LogP contribution in [-0.2, 0) is 0 Å². The number of hydrogen-bond acceptors (Lipinski definition) is 0. The van der Waals surface area contributed by atoms with Crippen LogP contribution in [0.25, 0.3) is 0 Å². The molecule has 0 aromatic rings. The van der Waals surface area contributed by atoms with Crippen molar-refractivity contribution in [2.24, 2.45) is 23.7 Å². The molecule has 0 nitrogen and oxygen atoms in total. The molecule has 2 unspecified atom stereocenters. The fourth-order valence-corrected chi connectivity index (χ4v) is 3.16. The molecule has 0 bridgehead atoms. The highest BCUT2D eigenvalue weighted by molar-refractivity contribution is 4.66. The van der Waals surface area contributed by atoms with Gasteiger partial charge in [0.2, 0.25) is 0 Å². The first-order chi connectivity index (χ1) is 7.58. The van der Waals surface area contributed by atoms with E-state index in [1.807, 2.05) is 0 Å². The molecule has 0 saturated heterocycles. The van der Waals surface area contributed by atoms with Gasteiger partial charge >= 0.3 is 0 Å². The Morgan fingerprint density at radius 2 is 0.875 bits per heavy atom. The first-order valence-corrected chi connectivity index (χ1v) is 7.58. The lowest BCUT2D eigenvalue weighted by molar-refractivity contribution is 0.301. The summed E-state index contributed by atoms with van der Waals surface area (Å²) in [6.45, 7) is 9.48. The molecular weight excluding hydrogens is 192 g/mol. The van der Waals surface area contributed by atoms with Crippen LogP contribution in [0.1, 0.15) is 79.1 Å². The SMILES string of the molecule is CC1CCC(C)CC1.CC1CCCC(C)C1. The van der Waals surface area contributed by atoms with Gasteiger partial charge in [0.1, 0.15) is 0 Å². The van der Waals surface area contributed by atoms with Crippen LogP contribution < -0.4 is 0 Å². The van der Waals surface area contributed by atoms with Crippen LogP contribution in [-0.4, -0.2) is 0 Å². The second kappa shape index (κ2) is 7.35. The Morgan fingerprint density at radius 3 is 1.12 bits per heavy atom. The molecule has 16 heavy (non-hydrogen) atoms. The molecule has 0 spiro atoms. The molecule has 0 heteroatoms. The predicted molar refractivity (Wildman–Crippen MR) is 73.6 cm³/mol. The van der Waals surface area contributed by atoms with Crippen LogP contribution >= 0.6 is 0 Å². The van der Waals surface area contributed by atoms with Gasteiger partial charge in [-0.05, 0) is 30.1 Å². The van der Waals surface area contributed by atoms with Crippen LogP contribution in [0.4, 0.5) is 0 Å². The summed E-state index contributed by atoms with van der Waals surface area (Å²) in [5.74, 6) is 4.06. The van der Waals surface area contributed by atoms with Crippen molar-refractivity contribution in [2.45, 2.75) is 79.1 Å². The lowest BCUT2D eigenvalue weighted by atomic mass is 9.84. The molecule has 0 radical (unpaired) electrons. The maximum Gasteiger partial charge on any atom is -0.0440 e. The van der Waals surface area contributed by atoms with Gasteiger partial charge < -0.3 is 0 Å². The molecule has 0 amide bonds. The molecule has 0 aromatic carbocycles. The standard InChI is InChI=1S/2C8H16/c1-7-3-5-8(2)6-4-7;1-7-4-3-5-8(2)6-7/h2*7-8H,3-6H2,1-2H3. The summed E-state index contributed by atoms with van der Waals surface area (Å²) in [5, 5.41) is 0. The van der Waals surface area contributed by atoms with E-state index in [0.717, 1.165) is 23.7 Å². The highest BCUT2D eigenvalue weighted by Crippen LogP contribution is 2.28. The van der Waals surface area contributed by atoms with Crippen molar-refractivity contribution in [3.8, 4) is 0 Å². The zero-order valence-electron chi connectivity index (χ0n) is 12.0. The number of rotatable bonds is 0. The Kier molecular flexibility index (Phi) is 6.46. The predicted octanol–water partition coefficient (Wildman–Crippen LogP) is 5.67. The van der Waals surface area contributed by atoms with Gasteiger partial charge in [-0.3, -0.25) is 0 Å². The molecular formula is C16H32. The van der Waals surface area contributed by atoms with E-state index in [9.17, 15) is 0 Å². The third kappa shape index (κ3) is 5.92. The molecule has 0 heterocycles. The van der Waals surface area contributed by atoms with Crippen LogP contribution in [0, 0.1) is 23.7 Å². The zero-order valence-corrected chi connectivity index (χ0v) is 12.0. The minimum atomic E-state index is 1.01. The third-order valence-electron chi connectivity index (χ3n) is 4.50. The largest absolute Gasteiger partial charge is 0.0625 e. The summed E-state index contributed by atoms with van der Waals surface area (Å²) in [5.41, 5.74) is 0. The summed E-state index contributed by atoms with van der Waals surface area (Å²) in [4.78, 5) is 0. The van der Waals surface area contributed by atoms with Gasteiger partial charge in [-0.2, -0.15) is 0 Å². The van der Waals surface area contributed by atoms with Gasteiger partial charge in [-0.15, -0.1) is 0 Å². The smallest absolute Gasteiger partial charge is 0.0440 e. The lowest BCUT2D eigenvalue weighted by Crippen LogP contribution is -2.09. The average molecular weight is 224 g/mol. The fraction of sp³-hybridized carbons (Fsp3) is 1.00. The number of hydrogen-bond donors (Lipinski definition) is 0. The molecule has 2 aliphatic carbocycles. The van der Waals surface area contributed by atoms with Gasteiger partial charge in [-0.1, -0.05) is 72.6 Å². The minimum absolute atomic E-state index is 1.01. The molecule has 0 N–H and O–H groups in total. The van der Waals surface area contributed by atoms with E-state index in [2.05, 4.69) is 27.7 Å². The molecule has 2 atom stereocenters. The maximum absolute atomic E-state index is 2.37. The van der Waals surface area contributed by atoms with E-state index in [0.29, 0.717) is 0 Å². The summed E-state index contributed by atoms with van der Waals surface area (Å²) in [7, 11) is 0. The van der Waals surface area contributed by atoms with Gasteiger partial charge in [-0.25, -0.2) is 0 Å². The van der Waals surface area contributed by atoms with Crippen molar-refractivity contribution >= 4 is 0 Å². The molecule has 0 aliphatic heterocycles. The van der Waals surface area contributed by atoms with E-state index >= 15 is 0 Å². The van der Waals surface area contributed by atoms with E-state index in [1.165, 1.54) is 51.4 Å². The molecule has 2 saturated carbocycles. The van der Waals surface area contributed by atoms with Crippen LogP contribution in [0.2, 0.25) is 0 Å². The Labute approximate surface area is 103 Å². The second-order valence-electron chi connectivity index (χ2n) is 6.74. The van der Waals surface area contributed by atoms with Crippen LogP contribution in [0.3, 0.4) is 0 Å². The van der Waals surface area contributed by atoms with Crippen molar-refractivity contribution in [2.75, 3.05) is 0 Å². The fourth-order valence-electron chi connectivity index (χ4n) is 3.16. The quantitative estimate of drug-likeness (QED) is 0.497. The van der Waals surface area contributed by atoms with Crippen LogP contribution in [0.15, 0.2) is 0 Å². The summed E-state index contributed by atoms with van der Waals surface area (Å²) >= 11 is 0. The molecule has 2 aliphatic rings.